The molecule has 2 heterocycles. The van der Waals surface area contributed by atoms with Crippen LogP contribution < -0.4 is 10.6 Å². The van der Waals surface area contributed by atoms with E-state index in [4.69, 9.17) is 10.5 Å². The van der Waals surface area contributed by atoms with E-state index in [0.717, 1.165) is 25.8 Å². The average molecular weight is 279 g/mol. The standard InChI is InChI=1S/C14H21N3O3/c1-2-20-14(19)11-7-13(16-8-12(11)15)17-6-4-3-5-10(17)9-18/h7-8,10,18H,2-6,9,15H2,1H3. The van der Waals surface area contributed by atoms with E-state index in [0.29, 0.717) is 23.7 Å². The molecule has 1 fully saturated rings. The summed E-state index contributed by atoms with van der Waals surface area (Å²) in [7, 11) is 0. The number of nitrogens with zero attached hydrogens (tertiary/aromatic N) is 2. The van der Waals surface area contributed by atoms with Gasteiger partial charge in [-0.2, -0.15) is 0 Å². The van der Waals surface area contributed by atoms with Gasteiger partial charge in [0.15, 0.2) is 0 Å². The molecule has 0 aromatic carbocycles. The van der Waals surface area contributed by atoms with Gasteiger partial charge in [0.25, 0.3) is 0 Å². The number of carbonyl (C=O) groups is 1. The van der Waals surface area contributed by atoms with Crippen LogP contribution in [0.15, 0.2) is 12.3 Å². The lowest BCUT2D eigenvalue weighted by Gasteiger charge is -2.35. The summed E-state index contributed by atoms with van der Waals surface area (Å²) in [5.74, 6) is 0.229. The average Bonchev–Trinajstić information content (AvgIpc) is 2.48. The third-order valence-electron chi connectivity index (χ3n) is 3.55. The lowest BCUT2D eigenvalue weighted by Crippen LogP contribution is -2.42. The second-order valence-electron chi connectivity index (χ2n) is 4.88. The quantitative estimate of drug-likeness (QED) is 0.805. The van der Waals surface area contributed by atoms with Gasteiger partial charge in [0.05, 0.1) is 36.7 Å². The number of aliphatic hydroxyl groups is 1. The molecule has 6 nitrogen and oxygen atoms in total. The molecule has 0 amide bonds. The summed E-state index contributed by atoms with van der Waals surface area (Å²) in [4.78, 5) is 18.2. The minimum Gasteiger partial charge on any atom is -0.462 e. The Balaban J connectivity index is 2.28. The summed E-state index contributed by atoms with van der Waals surface area (Å²) in [6, 6.07) is 1.70. The van der Waals surface area contributed by atoms with Crippen molar-refractivity contribution in [3.05, 3.63) is 17.8 Å². The number of piperidine rings is 1. The van der Waals surface area contributed by atoms with Gasteiger partial charge >= 0.3 is 5.97 Å². The van der Waals surface area contributed by atoms with Crippen molar-refractivity contribution in [3.63, 3.8) is 0 Å². The normalized spacial score (nSPS) is 18.9. The van der Waals surface area contributed by atoms with Crippen molar-refractivity contribution in [2.75, 3.05) is 30.4 Å². The second kappa shape index (κ2) is 6.56. The van der Waals surface area contributed by atoms with Gasteiger partial charge in [-0.15, -0.1) is 0 Å². The first kappa shape index (κ1) is 14.6. The van der Waals surface area contributed by atoms with E-state index in [2.05, 4.69) is 4.98 Å². The number of nitrogen functional groups attached to an aromatic ring is 1. The highest BCUT2D eigenvalue weighted by atomic mass is 16.5. The number of ether oxygens (including phenoxy) is 1. The molecule has 0 saturated carbocycles. The molecular formula is C14H21N3O3. The van der Waals surface area contributed by atoms with E-state index in [1.807, 2.05) is 4.90 Å². The summed E-state index contributed by atoms with van der Waals surface area (Å²) in [5, 5.41) is 9.45. The van der Waals surface area contributed by atoms with Crippen LogP contribution in [0.5, 0.6) is 0 Å². The molecule has 0 bridgehead atoms. The van der Waals surface area contributed by atoms with E-state index in [1.165, 1.54) is 6.20 Å². The number of nitrogens with two attached hydrogens (primary N) is 1. The van der Waals surface area contributed by atoms with Gasteiger partial charge in [0.1, 0.15) is 5.82 Å². The maximum absolute atomic E-state index is 11.9. The zero-order valence-corrected chi connectivity index (χ0v) is 11.7. The van der Waals surface area contributed by atoms with Crippen molar-refractivity contribution >= 4 is 17.5 Å². The predicted molar refractivity (Wildman–Crippen MR) is 76.7 cm³/mol. The number of hydrogen-bond acceptors (Lipinski definition) is 6. The first-order valence-electron chi connectivity index (χ1n) is 6.97. The van der Waals surface area contributed by atoms with Gasteiger partial charge in [0, 0.05) is 6.54 Å². The number of anilines is 2. The summed E-state index contributed by atoms with van der Waals surface area (Å²) < 4.78 is 4.99. The SMILES string of the molecule is CCOC(=O)c1cc(N2CCCCC2CO)ncc1N. The smallest absolute Gasteiger partial charge is 0.340 e. The van der Waals surface area contributed by atoms with E-state index < -0.39 is 5.97 Å². The fraction of sp³-hybridized carbons (Fsp3) is 0.571. The lowest BCUT2D eigenvalue weighted by atomic mass is 10.0. The Morgan fingerprint density at radius 3 is 3.10 bits per heavy atom. The lowest BCUT2D eigenvalue weighted by molar-refractivity contribution is 0.0527. The Hall–Kier alpha value is -1.82. The molecule has 3 N–H and O–H groups in total. The van der Waals surface area contributed by atoms with Crippen LogP contribution in [-0.4, -0.2) is 41.9 Å². The Kier molecular flexibility index (Phi) is 4.79. The summed E-state index contributed by atoms with van der Waals surface area (Å²) in [6.45, 7) is 2.97. The van der Waals surface area contributed by atoms with Crippen LogP contribution in [0.4, 0.5) is 11.5 Å². The van der Waals surface area contributed by atoms with Crippen LogP contribution in [0.2, 0.25) is 0 Å². The van der Waals surface area contributed by atoms with Crippen molar-refractivity contribution in [3.8, 4) is 0 Å². The highest BCUT2D eigenvalue weighted by Gasteiger charge is 2.24. The molecule has 2 rings (SSSR count). The molecule has 1 atom stereocenters. The van der Waals surface area contributed by atoms with Crippen molar-refractivity contribution in [1.29, 1.82) is 0 Å². The number of pyridine rings is 1. The van der Waals surface area contributed by atoms with Crippen molar-refractivity contribution < 1.29 is 14.6 Å². The molecule has 0 aliphatic carbocycles. The number of rotatable bonds is 4. The molecule has 1 aliphatic rings. The van der Waals surface area contributed by atoms with Gasteiger partial charge in [-0.1, -0.05) is 0 Å². The van der Waals surface area contributed by atoms with Gasteiger partial charge in [-0.25, -0.2) is 9.78 Å². The molecule has 6 heteroatoms. The highest BCUT2D eigenvalue weighted by molar-refractivity contribution is 5.95. The third kappa shape index (κ3) is 3.01. The highest BCUT2D eigenvalue weighted by Crippen LogP contribution is 2.25. The minimum absolute atomic E-state index is 0.0509. The van der Waals surface area contributed by atoms with Crippen LogP contribution in [0, 0.1) is 0 Å². The molecular weight excluding hydrogens is 258 g/mol. The first-order chi connectivity index (χ1) is 9.67. The minimum atomic E-state index is -0.439. The fourth-order valence-corrected chi connectivity index (χ4v) is 2.49. The first-order valence-corrected chi connectivity index (χ1v) is 6.97. The van der Waals surface area contributed by atoms with Crippen LogP contribution in [0.1, 0.15) is 36.5 Å². The summed E-state index contributed by atoms with van der Waals surface area (Å²) in [5.41, 5.74) is 6.43. The number of hydrogen-bond donors (Lipinski definition) is 2. The topological polar surface area (TPSA) is 88.7 Å². The van der Waals surface area contributed by atoms with E-state index >= 15 is 0 Å². The zero-order valence-electron chi connectivity index (χ0n) is 11.7. The molecule has 1 aliphatic heterocycles. The molecule has 0 spiro atoms. The molecule has 0 radical (unpaired) electrons. The maximum atomic E-state index is 11.9. The summed E-state index contributed by atoms with van der Waals surface area (Å²) in [6.07, 6.45) is 4.56. The fourth-order valence-electron chi connectivity index (χ4n) is 2.49. The molecule has 1 aromatic rings. The number of aromatic nitrogens is 1. The Morgan fingerprint density at radius 1 is 1.60 bits per heavy atom. The summed E-state index contributed by atoms with van der Waals surface area (Å²) >= 11 is 0. The van der Waals surface area contributed by atoms with Crippen molar-refractivity contribution in [2.45, 2.75) is 32.2 Å². The molecule has 1 unspecified atom stereocenters. The van der Waals surface area contributed by atoms with E-state index in [-0.39, 0.29) is 12.6 Å². The van der Waals surface area contributed by atoms with Crippen molar-refractivity contribution in [2.24, 2.45) is 0 Å². The molecule has 1 saturated heterocycles. The Morgan fingerprint density at radius 2 is 2.40 bits per heavy atom. The monoisotopic (exact) mass is 279 g/mol. The predicted octanol–water partition coefficient (Wildman–Crippen LogP) is 1.19. The van der Waals surface area contributed by atoms with Gasteiger partial charge < -0.3 is 20.5 Å². The molecule has 1 aromatic heterocycles. The number of aliphatic hydroxyl groups excluding tert-OH is 1. The zero-order chi connectivity index (χ0) is 14.5. The number of esters is 1. The Bertz CT molecular complexity index is 479. The van der Waals surface area contributed by atoms with Gasteiger partial charge in [0.2, 0.25) is 0 Å². The maximum Gasteiger partial charge on any atom is 0.340 e. The molecule has 110 valence electrons. The van der Waals surface area contributed by atoms with Gasteiger partial charge in [-0.3, -0.25) is 0 Å². The second-order valence-corrected chi connectivity index (χ2v) is 4.88. The van der Waals surface area contributed by atoms with Crippen LogP contribution in [0.25, 0.3) is 0 Å². The van der Waals surface area contributed by atoms with Crippen molar-refractivity contribution in [1.82, 2.24) is 4.98 Å². The van der Waals surface area contributed by atoms with Crippen LogP contribution >= 0.6 is 0 Å². The number of carbonyl (C=O) groups excluding carboxylic acids is 1. The van der Waals surface area contributed by atoms with Crippen LogP contribution in [0.3, 0.4) is 0 Å². The van der Waals surface area contributed by atoms with Crippen LogP contribution in [-0.2, 0) is 4.74 Å². The van der Waals surface area contributed by atoms with Gasteiger partial charge in [-0.05, 0) is 32.3 Å². The van der Waals surface area contributed by atoms with E-state index in [1.54, 1.807) is 13.0 Å². The largest absolute Gasteiger partial charge is 0.462 e. The van der Waals surface area contributed by atoms with E-state index in [9.17, 15) is 9.90 Å². The Labute approximate surface area is 118 Å². The molecule has 20 heavy (non-hydrogen) atoms. The third-order valence-corrected chi connectivity index (χ3v) is 3.55.